The Morgan fingerprint density at radius 1 is 1.05 bits per heavy atom. The van der Waals surface area contributed by atoms with E-state index in [2.05, 4.69) is 0 Å². The van der Waals surface area contributed by atoms with Crippen LogP contribution in [0.5, 0.6) is 5.75 Å². The highest BCUT2D eigenvalue weighted by Gasteiger charge is 2.15. The van der Waals surface area contributed by atoms with Crippen molar-refractivity contribution in [2.24, 2.45) is 0 Å². The van der Waals surface area contributed by atoms with Crippen molar-refractivity contribution in [1.82, 2.24) is 0 Å². The molecule has 0 aliphatic carbocycles. The third-order valence-corrected chi connectivity index (χ3v) is 4.12. The van der Waals surface area contributed by atoms with Crippen molar-refractivity contribution in [2.75, 3.05) is 11.5 Å². The van der Waals surface area contributed by atoms with Crippen LogP contribution < -0.4 is 9.92 Å². The molecule has 0 amide bonds. The lowest BCUT2D eigenvalue weighted by Gasteiger charge is -2.15. The van der Waals surface area contributed by atoms with Gasteiger partial charge in [-0.2, -0.15) is 0 Å². The van der Waals surface area contributed by atoms with Crippen LogP contribution in [-0.4, -0.2) is 10.9 Å². The van der Waals surface area contributed by atoms with Crippen molar-refractivity contribution in [1.29, 1.82) is 0 Å². The second-order valence-corrected chi connectivity index (χ2v) is 5.74. The van der Waals surface area contributed by atoms with Crippen LogP contribution in [0.3, 0.4) is 0 Å². The molecule has 0 unspecified atom stereocenters. The van der Waals surface area contributed by atoms with Crippen molar-refractivity contribution < 1.29 is 9.29 Å². The fourth-order valence-corrected chi connectivity index (χ4v) is 3.07. The fraction of sp³-hybridized carbons (Fsp3) is 0.176. The van der Waals surface area contributed by atoms with Gasteiger partial charge in [-0.3, -0.25) is 0 Å². The topological polar surface area (TPSA) is 55.5 Å². The van der Waals surface area contributed by atoms with Crippen LogP contribution in [0.2, 0.25) is 0 Å². The van der Waals surface area contributed by atoms with Gasteiger partial charge in [-0.25, -0.2) is 0 Å². The van der Waals surface area contributed by atoms with E-state index in [0.29, 0.717) is 0 Å². The maximum absolute atomic E-state index is 9.87. The van der Waals surface area contributed by atoms with Gasteiger partial charge >= 0.3 is 0 Å². The zero-order valence-electron chi connectivity index (χ0n) is 11.8. The van der Waals surface area contributed by atoms with Crippen molar-refractivity contribution in [3.8, 4) is 5.75 Å². The molecule has 0 heterocycles. The molecule has 0 radical (unpaired) electrons. The molecule has 3 aromatic rings. The third-order valence-electron chi connectivity index (χ3n) is 3.59. The molecule has 3 nitrogen and oxygen atoms in total. The first kappa shape index (κ1) is 14.0. The smallest absolute Gasteiger partial charge is 0.145 e. The summed E-state index contributed by atoms with van der Waals surface area (Å²) < 4.78 is 5.76. The van der Waals surface area contributed by atoms with Crippen LogP contribution in [0.15, 0.2) is 42.5 Å². The van der Waals surface area contributed by atoms with Gasteiger partial charge in [-0.05, 0) is 17.0 Å². The largest absolute Gasteiger partial charge is 0.425 e. The minimum atomic E-state index is -0.0472. The lowest BCUT2D eigenvalue weighted by molar-refractivity contribution is 0.284. The number of hydrogen-bond donors (Lipinski definition) is 2. The molecule has 0 fully saturated rings. The summed E-state index contributed by atoms with van der Waals surface area (Å²) in [6, 6.07) is 13.7. The number of benzene rings is 3. The number of rotatable bonds is 4. The highest BCUT2D eigenvalue weighted by molar-refractivity contribution is 7.94. The minimum Gasteiger partial charge on any atom is -0.425 e. The third kappa shape index (κ3) is 2.30. The van der Waals surface area contributed by atoms with Gasteiger partial charge in [0.2, 0.25) is 0 Å². The van der Waals surface area contributed by atoms with Crippen LogP contribution >= 0.6 is 12.0 Å². The number of anilines is 1. The fourth-order valence-electron chi connectivity index (χ4n) is 2.68. The van der Waals surface area contributed by atoms with Crippen molar-refractivity contribution in [3.05, 3.63) is 48.0 Å². The Labute approximate surface area is 127 Å². The van der Waals surface area contributed by atoms with Gasteiger partial charge < -0.3 is 15.0 Å². The Balaban J connectivity index is 2.43. The van der Waals surface area contributed by atoms with Gasteiger partial charge in [0, 0.05) is 27.6 Å². The molecular formula is C17H17NO2S. The summed E-state index contributed by atoms with van der Waals surface area (Å²) in [5.41, 5.74) is 7.92. The second kappa shape index (κ2) is 5.84. The molecule has 0 aromatic heterocycles. The Hall–Kier alpha value is -1.91. The molecule has 0 aliphatic heterocycles. The van der Waals surface area contributed by atoms with Crippen LogP contribution in [-0.2, 0) is 6.61 Å². The van der Waals surface area contributed by atoms with Crippen LogP contribution in [0.25, 0.3) is 21.5 Å². The molecule has 0 aliphatic rings. The summed E-state index contributed by atoms with van der Waals surface area (Å²) in [4.78, 5) is 0. The average molecular weight is 299 g/mol. The van der Waals surface area contributed by atoms with E-state index >= 15 is 0 Å². The number of aliphatic hydroxyl groups excluding tert-OH is 1. The van der Waals surface area contributed by atoms with Crippen LogP contribution in [0.4, 0.5) is 5.69 Å². The number of nitrogen functional groups attached to an aromatic ring is 1. The first-order chi connectivity index (χ1) is 10.3. The van der Waals surface area contributed by atoms with Gasteiger partial charge in [-0.15, -0.1) is 0 Å². The average Bonchev–Trinajstić information content (AvgIpc) is 2.54. The van der Waals surface area contributed by atoms with E-state index in [-0.39, 0.29) is 6.61 Å². The first-order valence-electron chi connectivity index (χ1n) is 6.90. The van der Waals surface area contributed by atoms with Gasteiger partial charge in [-0.1, -0.05) is 43.3 Å². The monoisotopic (exact) mass is 299 g/mol. The quantitative estimate of drug-likeness (QED) is 0.432. The predicted octanol–water partition coefficient (Wildman–Crippen LogP) is 4.11. The summed E-state index contributed by atoms with van der Waals surface area (Å²) in [5, 5.41) is 13.6. The Morgan fingerprint density at radius 3 is 2.48 bits per heavy atom. The van der Waals surface area contributed by atoms with E-state index in [9.17, 15) is 5.11 Å². The Kier molecular flexibility index (Phi) is 3.90. The predicted molar refractivity (Wildman–Crippen MR) is 90.5 cm³/mol. The van der Waals surface area contributed by atoms with Crippen molar-refractivity contribution in [2.45, 2.75) is 13.5 Å². The Morgan fingerprint density at radius 2 is 1.76 bits per heavy atom. The maximum atomic E-state index is 9.87. The number of fused-ring (bicyclic) bond motifs is 2. The second-order valence-electron chi connectivity index (χ2n) is 4.76. The highest BCUT2D eigenvalue weighted by Crippen LogP contribution is 2.40. The van der Waals surface area contributed by atoms with E-state index < -0.39 is 0 Å². The lowest BCUT2D eigenvalue weighted by atomic mass is 9.95. The van der Waals surface area contributed by atoms with Crippen molar-refractivity contribution >= 4 is 39.3 Å². The lowest BCUT2D eigenvalue weighted by Crippen LogP contribution is -1.97. The maximum Gasteiger partial charge on any atom is 0.145 e. The minimum absolute atomic E-state index is 0.0472. The van der Waals surface area contributed by atoms with E-state index in [1.165, 1.54) is 12.0 Å². The van der Waals surface area contributed by atoms with Gasteiger partial charge in [0.05, 0.1) is 18.6 Å². The number of aliphatic hydroxyl groups is 1. The molecule has 0 bridgehead atoms. The van der Waals surface area contributed by atoms with Crippen LogP contribution in [0, 0.1) is 0 Å². The number of nitrogens with two attached hydrogens (primary N) is 1. The molecule has 3 rings (SSSR count). The molecule has 4 heteroatoms. The van der Waals surface area contributed by atoms with Gasteiger partial charge in [0.15, 0.2) is 0 Å². The molecule has 108 valence electrons. The summed E-state index contributed by atoms with van der Waals surface area (Å²) in [6.45, 7) is 1.99. The summed E-state index contributed by atoms with van der Waals surface area (Å²) in [7, 11) is 0. The zero-order chi connectivity index (χ0) is 14.8. The van der Waals surface area contributed by atoms with Crippen molar-refractivity contribution in [3.63, 3.8) is 0 Å². The van der Waals surface area contributed by atoms with Crippen LogP contribution in [0.1, 0.15) is 12.5 Å². The molecule has 3 N–H and O–H groups in total. The van der Waals surface area contributed by atoms with E-state index in [1.54, 1.807) is 0 Å². The molecule has 21 heavy (non-hydrogen) atoms. The SMILES string of the molecule is CCSOc1cccc2c(N)c3ccccc3c(CO)c12. The molecule has 3 aromatic carbocycles. The van der Waals surface area contributed by atoms with Gasteiger partial charge in [0.25, 0.3) is 0 Å². The normalized spacial score (nSPS) is 11.1. The summed E-state index contributed by atoms with van der Waals surface area (Å²) in [6.07, 6.45) is 0. The molecule has 0 saturated heterocycles. The summed E-state index contributed by atoms with van der Waals surface area (Å²) in [5.74, 6) is 1.61. The van der Waals surface area contributed by atoms with Gasteiger partial charge in [0.1, 0.15) is 5.75 Å². The molecule has 0 saturated carbocycles. The highest BCUT2D eigenvalue weighted by atomic mass is 32.2. The molecular weight excluding hydrogens is 282 g/mol. The summed E-state index contributed by atoms with van der Waals surface area (Å²) >= 11 is 1.38. The molecule has 0 atom stereocenters. The van der Waals surface area contributed by atoms with E-state index in [1.807, 2.05) is 49.4 Å². The standard InChI is InChI=1S/C17H17NO2S/c1-2-21-20-15-9-5-8-13-16(15)14(10-19)11-6-3-4-7-12(11)17(13)18/h3-9,19H,2,10,18H2,1H3. The number of hydrogen-bond acceptors (Lipinski definition) is 4. The van der Waals surface area contributed by atoms with E-state index in [4.69, 9.17) is 9.92 Å². The molecule has 0 spiro atoms. The Bertz CT molecular complexity index is 801. The van der Waals surface area contributed by atoms with E-state index in [0.717, 1.165) is 44.3 Å². The zero-order valence-corrected chi connectivity index (χ0v) is 12.6. The first-order valence-corrected chi connectivity index (χ1v) is 7.81.